The van der Waals surface area contributed by atoms with Crippen molar-refractivity contribution in [3.63, 3.8) is 0 Å². The second-order valence-electron chi connectivity index (χ2n) is 4.36. The molecule has 0 aliphatic heterocycles. The number of anilines is 2. The molecule has 106 valence electrons. The third kappa shape index (κ3) is 3.45. The SMILES string of the molecule is N#Cc1nccnc1N(CC(N)=O)Cc1ccccc1N. The van der Waals surface area contributed by atoms with Crippen molar-refractivity contribution in [2.75, 3.05) is 17.2 Å². The van der Waals surface area contributed by atoms with Crippen LogP contribution in [-0.2, 0) is 11.3 Å². The molecule has 1 amide bonds. The van der Waals surface area contributed by atoms with Gasteiger partial charge in [0.2, 0.25) is 5.91 Å². The molecule has 0 unspecified atom stereocenters. The Kier molecular flexibility index (Phi) is 4.31. The number of nitriles is 1. The van der Waals surface area contributed by atoms with Crippen LogP contribution < -0.4 is 16.4 Å². The zero-order chi connectivity index (χ0) is 15.2. The molecule has 0 saturated heterocycles. The first-order chi connectivity index (χ1) is 10.1. The van der Waals surface area contributed by atoms with Crippen molar-refractivity contribution in [2.24, 2.45) is 5.73 Å². The van der Waals surface area contributed by atoms with Crippen molar-refractivity contribution in [3.8, 4) is 6.07 Å². The molecule has 0 spiro atoms. The smallest absolute Gasteiger partial charge is 0.237 e. The van der Waals surface area contributed by atoms with E-state index in [1.165, 1.54) is 12.4 Å². The number of para-hydroxylation sites is 1. The third-order valence-corrected chi connectivity index (χ3v) is 2.85. The third-order valence-electron chi connectivity index (χ3n) is 2.85. The highest BCUT2D eigenvalue weighted by Crippen LogP contribution is 2.19. The van der Waals surface area contributed by atoms with Gasteiger partial charge in [-0.25, -0.2) is 9.97 Å². The maximum atomic E-state index is 11.3. The molecule has 0 radical (unpaired) electrons. The Bertz CT molecular complexity index is 694. The number of hydrogen-bond donors (Lipinski definition) is 2. The van der Waals surface area contributed by atoms with Crippen LogP contribution >= 0.6 is 0 Å². The minimum Gasteiger partial charge on any atom is -0.398 e. The number of hydrogen-bond acceptors (Lipinski definition) is 6. The van der Waals surface area contributed by atoms with Crippen LogP contribution in [0.3, 0.4) is 0 Å². The Balaban J connectivity index is 2.37. The van der Waals surface area contributed by atoms with Gasteiger partial charge >= 0.3 is 0 Å². The molecule has 1 heterocycles. The van der Waals surface area contributed by atoms with Crippen LogP contribution in [0.15, 0.2) is 36.7 Å². The summed E-state index contributed by atoms with van der Waals surface area (Å²) in [5, 5.41) is 9.10. The number of carbonyl (C=O) groups is 1. The second-order valence-corrected chi connectivity index (χ2v) is 4.36. The largest absolute Gasteiger partial charge is 0.398 e. The first-order valence-corrected chi connectivity index (χ1v) is 6.19. The van der Waals surface area contributed by atoms with E-state index in [0.717, 1.165) is 5.56 Å². The van der Waals surface area contributed by atoms with Gasteiger partial charge in [0, 0.05) is 24.6 Å². The molecule has 0 fully saturated rings. The molecule has 2 rings (SSSR count). The van der Waals surface area contributed by atoms with Gasteiger partial charge in [0.05, 0.1) is 6.54 Å². The number of amides is 1. The van der Waals surface area contributed by atoms with Crippen LogP contribution in [0.5, 0.6) is 0 Å². The Labute approximate surface area is 121 Å². The van der Waals surface area contributed by atoms with Gasteiger partial charge in [0.25, 0.3) is 0 Å². The zero-order valence-electron chi connectivity index (χ0n) is 11.2. The number of rotatable bonds is 5. The number of nitrogen functional groups attached to an aromatic ring is 1. The summed E-state index contributed by atoms with van der Waals surface area (Å²) >= 11 is 0. The lowest BCUT2D eigenvalue weighted by molar-refractivity contribution is -0.116. The fraction of sp³-hybridized carbons (Fsp3) is 0.143. The van der Waals surface area contributed by atoms with E-state index in [2.05, 4.69) is 9.97 Å². The average molecular weight is 282 g/mol. The fourth-order valence-corrected chi connectivity index (χ4v) is 1.92. The molecule has 0 saturated carbocycles. The van der Waals surface area contributed by atoms with Gasteiger partial charge in [-0.05, 0) is 11.6 Å². The molecule has 0 bridgehead atoms. The van der Waals surface area contributed by atoms with Gasteiger partial charge in [-0.1, -0.05) is 18.2 Å². The quantitative estimate of drug-likeness (QED) is 0.766. The van der Waals surface area contributed by atoms with Gasteiger partial charge in [-0.15, -0.1) is 0 Å². The molecule has 0 aliphatic rings. The van der Waals surface area contributed by atoms with E-state index >= 15 is 0 Å². The maximum absolute atomic E-state index is 11.3. The molecular formula is C14H14N6O. The number of carbonyl (C=O) groups excluding carboxylic acids is 1. The maximum Gasteiger partial charge on any atom is 0.237 e. The standard InChI is InChI=1S/C14H14N6O/c15-7-12-14(19-6-5-18-12)20(9-13(17)21)8-10-3-1-2-4-11(10)16/h1-6H,8-9,16H2,(H2,17,21). The van der Waals surface area contributed by atoms with Crippen LogP contribution in [0.2, 0.25) is 0 Å². The highest BCUT2D eigenvalue weighted by Gasteiger charge is 2.17. The monoisotopic (exact) mass is 282 g/mol. The number of benzene rings is 1. The van der Waals surface area contributed by atoms with E-state index in [1.807, 2.05) is 24.3 Å². The number of nitrogens with zero attached hydrogens (tertiary/aromatic N) is 4. The van der Waals surface area contributed by atoms with E-state index in [0.29, 0.717) is 18.1 Å². The Morgan fingerprint density at radius 3 is 2.67 bits per heavy atom. The van der Waals surface area contributed by atoms with Crippen LogP contribution in [0, 0.1) is 11.3 Å². The molecule has 1 aromatic carbocycles. The normalized spacial score (nSPS) is 9.86. The fourth-order valence-electron chi connectivity index (χ4n) is 1.92. The van der Waals surface area contributed by atoms with Crippen molar-refractivity contribution >= 4 is 17.4 Å². The van der Waals surface area contributed by atoms with Crippen LogP contribution in [0.4, 0.5) is 11.5 Å². The minimum absolute atomic E-state index is 0.0816. The van der Waals surface area contributed by atoms with Gasteiger partial charge in [0.15, 0.2) is 11.5 Å². The summed E-state index contributed by atoms with van der Waals surface area (Å²) in [7, 11) is 0. The van der Waals surface area contributed by atoms with Crippen LogP contribution in [-0.4, -0.2) is 22.4 Å². The summed E-state index contributed by atoms with van der Waals surface area (Å²) in [6.45, 7) is 0.227. The predicted octanol–water partition coefficient (Wildman–Crippen LogP) is 0.422. The molecule has 21 heavy (non-hydrogen) atoms. The van der Waals surface area contributed by atoms with Crippen LogP contribution in [0.1, 0.15) is 11.3 Å². The Hall–Kier alpha value is -3.14. The van der Waals surface area contributed by atoms with E-state index in [4.69, 9.17) is 16.7 Å². The first kappa shape index (κ1) is 14.3. The molecular weight excluding hydrogens is 268 g/mol. The lowest BCUT2D eigenvalue weighted by Crippen LogP contribution is -2.34. The Morgan fingerprint density at radius 2 is 2.00 bits per heavy atom. The number of aromatic nitrogens is 2. The van der Waals surface area contributed by atoms with E-state index in [1.54, 1.807) is 11.0 Å². The highest BCUT2D eigenvalue weighted by atomic mass is 16.1. The van der Waals surface area contributed by atoms with Crippen molar-refractivity contribution in [3.05, 3.63) is 47.9 Å². The van der Waals surface area contributed by atoms with Gasteiger partial charge in [-0.2, -0.15) is 5.26 Å². The summed E-state index contributed by atoms with van der Waals surface area (Å²) in [5.74, 6) is -0.221. The van der Waals surface area contributed by atoms with E-state index < -0.39 is 5.91 Å². The molecule has 0 aliphatic carbocycles. The Morgan fingerprint density at radius 1 is 1.29 bits per heavy atom. The molecule has 2 aromatic rings. The summed E-state index contributed by atoms with van der Waals surface area (Å²) in [6, 6.07) is 9.22. The number of nitrogens with two attached hydrogens (primary N) is 2. The molecule has 7 heteroatoms. The average Bonchev–Trinajstić information content (AvgIpc) is 2.48. The predicted molar refractivity (Wildman–Crippen MR) is 77.8 cm³/mol. The minimum atomic E-state index is -0.529. The molecule has 4 N–H and O–H groups in total. The second kappa shape index (κ2) is 6.34. The van der Waals surface area contributed by atoms with Gasteiger partial charge in [0.1, 0.15) is 6.07 Å². The summed E-state index contributed by atoms with van der Waals surface area (Å²) in [4.78, 5) is 20.9. The van der Waals surface area contributed by atoms with Crippen molar-refractivity contribution < 1.29 is 4.79 Å². The zero-order valence-corrected chi connectivity index (χ0v) is 11.2. The van der Waals surface area contributed by atoms with Crippen molar-refractivity contribution in [1.82, 2.24) is 9.97 Å². The van der Waals surface area contributed by atoms with Gasteiger partial charge < -0.3 is 16.4 Å². The van der Waals surface area contributed by atoms with E-state index in [-0.39, 0.29) is 12.2 Å². The summed E-state index contributed by atoms with van der Waals surface area (Å²) in [5.41, 5.74) is 12.7. The molecule has 7 nitrogen and oxygen atoms in total. The van der Waals surface area contributed by atoms with Crippen molar-refractivity contribution in [2.45, 2.75) is 6.54 Å². The molecule has 1 aromatic heterocycles. The summed E-state index contributed by atoms with van der Waals surface area (Å²) < 4.78 is 0. The van der Waals surface area contributed by atoms with Crippen LogP contribution in [0.25, 0.3) is 0 Å². The summed E-state index contributed by atoms with van der Waals surface area (Å²) in [6.07, 6.45) is 2.87. The number of primary amides is 1. The highest BCUT2D eigenvalue weighted by molar-refractivity contribution is 5.79. The first-order valence-electron chi connectivity index (χ1n) is 6.19. The lowest BCUT2D eigenvalue weighted by atomic mass is 10.1. The molecule has 0 atom stereocenters. The topological polar surface area (TPSA) is 122 Å². The lowest BCUT2D eigenvalue weighted by Gasteiger charge is -2.23. The van der Waals surface area contributed by atoms with E-state index in [9.17, 15) is 4.79 Å². The van der Waals surface area contributed by atoms with Gasteiger partial charge in [-0.3, -0.25) is 4.79 Å². The van der Waals surface area contributed by atoms with Crippen molar-refractivity contribution in [1.29, 1.82) is 5.26 Å².